The van der Waals surface area contributed by atoms with Crippen LogP contribution >= 0.6 is 11.6 Å². The fraction of sp³-hybridized carbons (Fsp3) is 0.273. The van der Waals surface area contributed by atoms with Gasteiger partial charge in [0.15, 0.2) is 0 Å². The molecule has 0 radical (unpaired) electrons. The van der Waals surface area contributed by atoms with Gasteiger partial charge in [-0.25, -0.2) is 0 Å². The molecule has 3 N–H and O–H groups in total. The van der Waals surface area contributed by atoms with Crippen LogP contribution in [-0.4, -0.2) is 27.4 Å². The van der Waals surface area contributed by atoms with Crippen molar-refractivity contribution in [3.05, 3.63) is 34.3 Å². The minimum Gasteiger partial charge on any atom is -0.481 e. The van der Waals surface area contributed by atoms with E-state index in [1.165, 1.54) is 18.2 Å². The average molecular weight is 256 g/mol. The third-order valence-electron chi connectivity index (χ3n) is 2.20. The van der Waals surface area contributed by atoms with Crippen LogP contribution in [0.4, 0.5) is 0 Å². The second-order valence-electron chi connectivity index (χ2n) is 3.46. The lowest BCUT2D eigenvalue weighted by atomic mass is 10.0. The first-order valence-electron chi connectivity index (χ1n) is 4.73. The zero-order chi connectivity index (χ0) is 13.0. The first kappa shape index (κ1) is 13.5. The maximum atomic E-state index is 10.4. The van der Waals surface area contributed by atoms with Crippen LogP contribution in [0, 0.1) is 11.3 Å². The molecule has 2 unspecified atom stereocenters. The summed E-state index contributed by atoms with van der Waals surface area (Å²) >= 11 is 5.70. The van der Waals surface area contributed by atoms with Gasteiger partial charge in [0, 0.05) is 0 Å². The Morgan fingerprint density at radius 1 is 1.47 bits per heavy atom. The third-order valence-corrected chi connectivity index (χ3v) is 2.53. The summed E-state index contributed by atoms with van der Waals surface area (Å²) in [7, 11) is 0. The Balaban J connectivity index is 2.93. The molecule has 0 aliphatic carbocycles. The molecule has 1 aromatic carbocycles. The van der Waals surface area contributed by atoms with Gasteiger partial charge in [-0.15, -0.1) is 0 Å². The van der Waals surface area contributed by atoms with Crippen LogP contribution in [0.15, 0.2) is 18.2 Å². The monoisotopic (exact) mass is 255 g/mol. The molecule has 90 valence electrons. The number of nitriles is 1. The molecule has 0 aliphatic heterocycles. The molecule has 0 amide bonds. The summed E-state index contributed by atoms with van der Waals surface area (Å²) in [6.07, 6.45) is -3.37. The van der Waals surface area contributed by atoms with Crippen molar-refractivity contribution in [3.63, 3.8) is 0 Å². The highest BCUT2D eigenvalue weighted by atomic mass is 35.5. The van der Waals surface area contributed by atoms with Gasteiger partial charge in [-0.2, -0.15) is 5.26 Å². The standard InChI is InChI=1S/C11H10ClNO4/c12-8-2-1-6(3-7(8)5-13)11(17)9(14)4-10(15)16/h1-3,9,11,14,17H,4H2,(H,15,16). The number of rotatable bonds is 4. The van der Waals surface area contributed by atoms with Crippen molar-refractivity contribution in [2.24, 2.45) is 0 Å². The molecule has 0 heterocycles. The summed E-state index contributed by atoms with van der Waals surface area (Å²) in [4.78, 5) is 10.4. The summed E-state index contributed by atoms with van der Waals surface area (Å²) in [5.74, 6) is -1.22. The zero-order valence-electron chi connectivity index (χ0n) is 8.67. The van der Waals surface area contributed by atoms with Gasteiger partial charge in [-0.1, -0.05) is 17.7 Å². The molecule has 0 spiro atoms. The molecule has 0 saturated carbocycles. The lowest BCUT2D eigenvalue weighted by molar-refractivity contribution is -0.141. The second kappa shape index (κ2) is 5.64. The highest BCUT2D eigenvalue weighted by molar-refractivity contribution is 6.31. The quantitative estimate of drug-likeness (QED) is 0.747. The van der Waals surface area contributed by atoms with Crippen LogP contribution in [0.25, 0.3) is 0 Å². The second-order valence-corrected chi connectivity index (χ2v) is 3.87. The number of aliphatic carboxylic acids is 1. The summed E-state index contributed by atoms with van der Waals surface area (Å²) in [5.41, 5.74) is 0.408. The largest absolute Gasteiger partial charge is 0.481 e. The van der Waals surface area contributed by atoms with E-state index in [1.807, 2.05) is 6.07 Å². The van der Waals surface area contributed by atoms with E-state index in [9.17, 15) is 15.0 Å². The molecule has 0 bridgehead atoms. The topological polar surface area (TPSA) is 102 Å². The van der Waals surface area contributed by atoms with E-state index in [2.05, 4.69) is 0 Å². The van der Waals surface area contributed by atoms with Gasteiger partial charge in [-0.05, 0) is 17.7 Å². The van der Waals surface area contributed by atoms with E-state index in [0.29, 0.717) is 0 Å². The minimum absolute atomic E-state index is 0.158. The highest BCUT2D eigenvalue weighted by Crippen LogP contribution is 2.24. The van der Waals surface area contributed by atoms with E-state index < -0.39 is 24.6 Å². The van der Waals surface area contributed by atoms with E-state index in [4.69, 9.17) is 22.0 Å². The van der Waals surface area contributed by atoms with Gasteiger partial charge in [0.25, 0.3) is 0 Å². The first-order chi connectivity index (χ1) is 7.95. The first-order valence-corrected chi connectivity index (χ1v) is 5.11. The summed E-state index contributed by atoms with van der Waals surface area (Å²) in [6.45, 7) is 0. The molecule has 0 aliphatic rings. The molecular formula is C11H10ClNO4. The number of nitrogens with zero attached hydrogens (tertiary/aromatic N) is 1. The van der Waals surface area contributed by atoms with Crippen LogP contribution < -0.4 is 0 Å². The van der Waals surface area contributed by atoms with Crippen molar-refractivity contribution in [1.29, 1.82) is 5.26 Å². The van der Waals surface area contributed by atoms with E-state index >= 15 is 0 Å². The van der Waals surface area contributed by atoms with Gasteiger partial charge in [0.2, 0.25) is 0 Å². The maximum absolute atomic E-state index is 10.4. The molecule has 2 atom stereocenters. The van der Waals surface area contributed by atoms with Gasteiger partial charge >= 0.3 is 5.97 Å². The van der Waals surface area contributed by atoms with Crippen molar-refractivity contribution >= 4 is 17.6 Å². The van der Waals surface area contributed by atoms with Crippen molar-refractivity contribution in [1.82, 2.24) is 0 Å². The lowest BCUT2D eigenvalue weighted by Crippen LogP contribution is -2.21. The normalized spacial score (nSPS) is 13.8. The number of carboxylic acid groups (broad SMARTS) is 1. The number of carboxylic acids is 1. The van der Waals surface area contributed by atoms with Gasteiger partial charge < -0.3 is 15.3 Å². The maximum Gasteiger partial charge on any atom is 0.306 e. The number of aliphatic hydroxyl groups excluding tert-OH is 2. The Kier molecular flexibility index (Phi) is 4.46. The van der Waals surface area contributed by atoms with Crippen LogP contribution in [-0.2, 0) is 4.79 Å². The van der Waals surface area contributed by atoms with Gasteiger partial charge in [-0.3, -0.25) is 4.79 Å². The van der Waals surface area contributed by atoms with Gasteiger partial charge in [0.05, 0.1) is 23.1 Å². The molecule has 0 aromatic heterocycles. The van der Waals surface area contributed by atoms with Crippen LogP contribution in [0.1, 0.15) is 23.7 Å². The number of hydrogen-bond acceptors (Lipinski definition) is 4. The molecule has 0 fully saturated rings. The highest BCUT2D eigenvalue weighted by Gasteiger charge is 2.21. The fourth-order valence-corrected chi connectivity index (χ4v) is 1.49. The third kappa shape index (κ3) is 3.43. The molecule has 6 heteroatoms. The van der Waals surface area contributed by atoms with Crippen molar-refractivity contribution in [3.8, 4) is 6.07 Å². The Bertz CT molecular complexity index is 469. The minimum atomic E-state index is -1.43. The van der Waals surface area contributed by atoms with Crippen LogP contribution in [0.5, 0.6) is 0 Å². The molecular weight excluding hydrogens is 246 g/mol. The van der Waals surface area contributed by atoms with E-state index in [-0.39, 0.29) is 16.1 Å². The zero-order valence-corrected chi connectivity index (χ0v) is 9.42. The Labute approximate surface area is 102 Å². The number of hydrogen-bond donors (Lipinski definition) is 3. The van der Waals surface area contributed by atoms with Gasteiger partial charge in [0.1, 0.15) is 12.2 Å². The lowest BCUT2D eigenvalue weighted by Gasteiger charge is -2.16. The number of halogens is 1. The predicted octanol–water partition coefficient (Wildman–Crippen LogP) is 1.08. The molecule has 1 aromatic rings. The summed E-state index contributed by atoms with van der Waals surface area (Å²) in [5, 5.41) is 36.6. The van der Waals surface area contributed by atoms with E-state index in [0.717, 1.165) is 0 Å². The fourth-order valence-electron chi connectivity index (χ4n) is 1.33. The summed E-state index contributed by atoms with van der Waals surface area (Å²) in [6, 6.07) is 5.99. The number of carbonyl (C=O) groups is 1. The Morgan fingerprint density at radius 2 is 2.12 bits per heavy atom. The SMILES string of the molecule is N#Cc1cc(C(O)C(O)CC(=O)O)ccc1Cl. The van der Waals surface area contributed by atoms with E-state index in [1.54, 1.807) is 0 Å². The smallest absolute Gasteiger partial charge is 0.306 e. The summed E-state index contributed by atoms with van der Waals surface area (Å²) < 4.78 is 0. The molecule has 1 rings (SSSR count). The van der Waals surface area contributed by atoms with Crippen LogP contribution in [0.3, 0.4) is 0 Å². The Morgan fingerprint density at radius 3 is 2.65 bits per heavy atom. The molecule has 17 heavy (non-hydrogen) atoms. The molecule has 0 saturated heterocycles. The predicted molar refractivity (Wildman–Crippen MR) is 59.4 cm³/mol. The van der Waals surface area contributed by atoms with Crippen molar-refractivity contribution in [2.75, 3.05) is 0 Å². The molecule has 5 nitrogen and oxygen atoms in total. The number of aliphatic hydroxyl groups is 2. The average Bonchev–Trinajstić information content (AvgIpc) is 2.27. The Hall–Kier alpha value is -1.61. The number of benzene rings is 1. The van der Waals surface area contributed by atoms with Crippen molar-refractivity contribution < 1.29 is 20.1 Å². The van der Waals surface area contributed by atoms with Crippen molar-refractivity contribution in [2.45, 2.75) is 18.6 Å². The van der Waals surface area contributed by atoms with Crippen LogP contribution in [0.2, 0.25) is 5.02 Å².